The summed E-state index contributed by atoms with van der Waals surface area (Å²) in [5.41, 5.74) is 0. The highest BCUT2D eigenvalue weighted by Crippen LogP contribution is 2.38. The van der Waals surface area contributed by atoms with Crippen molar-refractivity contribution in [3.05, 3.63) is 0 Å². The molecule has 5 atom stereocenters. The van der Waals surface area contributed by atoms with Gasteiger partial charge in [0.2, 0.25) is 12.2 Å². The van der Waals surface area contributed by atoms with Crippen molar-refractivity contribution in [3.8, 4) is 0 Å². The fraction of sp³-hybridized carbons (Fsp3) is 0.714. The van der Waals surface area contributed by atoms with Crippen LogP contribution in [-0.4, -0.2) is 64.8 Å². The fourth-order valence-electron chi connectivity index (χ4n) is 2.54. The van der Waals surface area contributed by atoms with Gasteiger partial charge in [0.1, 0.15) is 12.7 Å². The Bertz CT molecular complexity index is 620. The number of carbonyl (C=O) groups excluding carboxylic acids is 3. The maximum absolute atomic E-state index is 11.5. The van der Waals surface area contributed by atoms with Gasteiger partial charge in [-0.15, -0.1) is 0 Å². The maximum Gasteiger partial charge on any atom is 0.303 e. The lowest BCUT2D eigenvalue weighted by atomic mass is 9.97. The largest absolute Gasteiger partial charge is 0.463 e. The van der Waals surface area contributed by atoms with Gasteiger partial charge in [-0.05, 0) is 0 Å². The molecule has 0 radical (unpaired) electrons. The van der Waals surface area contributed by atoms with E-state index in [1.807, 2.05) is 0 Å². The molecule has 26 heavy (non-hydrogen) atoms. The number of ether oxygens (including phenoxy) is 5. The highest BCUT2D eigenvalue weighted by molar-refractivity contribution is 6.76. The van der Waals surface area contributed by atoms with Crippen LogP contribution in [0.1, 0.15) is 20.8 Å². The first-order valence-electron chi connectivity index (χ1n) is 7.44. The molecule has 1 saturated heterocycles. The van der Waals surface area contributed by atoms with Crippen molar-refractivity contribution in [3.63, 3.8) is 0 Å². The van der Waals surface area contributed by atoms with Crippen LogP contribution in [0.2, 0.25) is 0 Å². The summed E-state index contributed by atoms with van der Waals surface area (Å²) in [4.78, 5) is 38.2. The van der Waals surface area contributed by atoms with Crippen LogP contribution in [0.4, 0.5) is 0 Å². The molecular formula is C14H16Cl3NO8. The van der Waals surface area contributed by atoms with E-state index < -0.39 is 52.3 Å². The molecule has 146 valence electrons. The molecule has 0 saturated carbocycles. The third-order valence-electron chi connectivity index (χ3n) is 3.41. The summed E-state index contributed by atoms with van der Waals surface area (Å²) < 4.78 is 24.5. The number of alkyl halides is 3. The third-order valence-corrected chi connectivity index (χ3v) is 3.89. The van der Waals surface area contributed by atoms with Gasteiger partial charge < -0.3 is 23.7 Å². The van der Waals surface area contributed by atoms with Crippen molar-refractivity contribution in [2.24, 2.45) is 4.99 Å². The normalized spacial score (nSPS) is 30.5. The second-order valence-corrected chi connectivity index (χ2v) is 7.82. The number of halogens is 3. The average Bonchev–Trinajstić information content (AvgIpc) is 2.90. The van der Waals surface area contributed by atoms with Gasteiger partial charge in [-0.3, -0.25) is 14.4 Å². The minimum absolute atomic E-state index is 0.260. The second kappa shape index (κ2) is 8.16. The fourth-order valence-corrected chi connectivity index (χ4v) is 2.82. The van der Waals surface area contributed by atoms with Crippen LogP contribution in [-0.2, 0) is 38.1 Å². The second-order valence-electron chi connectivity index (χ2n) is 5.53. The molecule has 0 spiro atoms. The van der Waals surface area contributed by atoms with Crippen molar-refractivity contribution < 1.29 is 38.1 Å². The Morgan fingerprint density at radius 3 is 2.12 bits per heavy atom. The maximum atomic E-state index is 11.5. The minimum Gasteiger partial charge on any atom is -0.463 e. The number of carbonyl (C=O) groups is 3. The van der Waals surface area contributed by atoms with Crippen LogP contribution >= 0.6 is 34.8 Å². The molecule has 0 aromatic carbocycles. The molecule has 2 rings (SSSR count). The predicted molar refractivity (Wildman–Crippen MR) is 89.0 cm³/mol. The Hall–Kier alpha value is -1.29. The Balaban J connectivity index is 2.34. The highest BCUT2D eigenvalue weighted by Gasteiger charge is 2.56. The Morgan fingerprint density at radius 2 is 1.62 bits per heavy atom. The van der Waals surface area contributed by atoms with E-state index in [1.165, 1.54) is 20.8 Å². The highest BCUT2D eigenvalue weighted by atomic mass is 35.6. The zero-order valence-electron chi connectivity index (χ0n) is 13.9. The first kappa shape index (κ1) is 21.0. The van der Waals surface area contributed by atoms with Gasteiger partial charge in [-0.25, -0.2) is 4.99 Å². The van der Waals surface area contributed by atoms with Gasteiger partial charge in [0.05, 0.1) is 0 Å². The average molecular weight is 433 g/mol. The molecule has 9 nitrogen and oxygen atoms in total. The van der Waals surface area contributed by atoms with Gasteiger partial charge in [0, 0.05) is 20.8 Å². The smallest absolute Gasteiger partial charge is 0.303 e. The summed E-state index contributed by atoms with van der Waals surface area (Å²) in [5, 5.41) is 0. The zero-order valence-corrected chi connectivity index (χ0v) is 16.2. The topological polar surface area (TPSA) is 110 Å². The van der Waals surface area contributed by atoms with Crippen LogP contribution in [0.3, 0.4) is 0 Å². The summed E-state index contributed by atoms with van der Waals surface area (Å²) in [6.07, 6.45) is -4.28. The van der Waals surface area contributed by atoms with E-state index in [9.17, 15) is 14.4 Å². The summed E-state index contributed by atoms with van der Waals surface area (Å²) in [6, 6.07) is -0.942. The molecule has 0 aliphatic carbocycles. The van der Waals surface area contributed by atoms with Crippen molar-refractivity contribution in [1.29, 1.82) is 0 Å². The number of hydrogen-bond acceptors (Lipinski definition) is 9. The quantitative estimate of drug-likeness (QED) is 0.371. The molecule has 2 unspecified atom stereocenters. The van der Waals surface area contributed by atoms with Gasteiger partial charge >= 0.3 is 17.9 Å². The minimum atomic E-state index is -1.97. The standard InChI is InChI=1S/C14H16Cl3NO8/c1-5(19)22-4-8-10(23-6(2)20)11(24-7(3)21)9-12(25-8)26-13(18-9)14(15,16)17/h8-12H,4H2,1-3H3/t8?,9?,10-,11+,12-/m1/s1. The van der Waals surface area contributed by atoms with E-state index in [1.54, 1.807) is 0 Å². The molecule has 0 amide bonds. The van der Waals surface area contributed by atoms with E-state index in [0.29, 0.717) is 0 Å². The summed E-state index contributed by atoms with van der Waals surface area (Å²) in [5.74, 6) is -2.15. The van der Waals surface area contributed by atoms with Crippen LogP contribution in [0.5, 0.6) is 0 Å². The lowest BCUT2D eigenvalue weighted by Gasteiger charge is -2.40. The lowest BCUT2D eigenvalue weighted by Crippen LogP contribution is -2.60. The van der Waals surface area contributed by atoms with E-state index >= 15 is 0 Å². The monoisotopic (exact) mass is 431 g/mol. The molecule has 0 bridgehead atoms. The van der Waals surface area contributed by atoms with E-state index in [2.05, 4.69) is 4.99 Å². The predicted octanol–water partition coefficient (Wildman–Crippen LogP) is 1.31. The van der Waals surface area contributed by atoms with Crippen LogP contribution < -0.4 is 0 Å². The number of esters is 3. The number of hydrogen-bond donors (Lipinski definition) is 0. The van der Waals surface area contributed by atoms with Crippen LogP contribution in [0.15, 0.2) is 4.99 Å². The summed E-state index contributed by atoms with van der Waals surface area (Å²) in [6.45, 7) is 3.26. The van der Waals surface area contributed by atoms with Gasteiger partial charge in [0.15, 0.2) is 18.2 Å². The summed E-state index contributed by atoms with van der Waals surface area (Å²) in [7, 11) is 0. The van der Waals surface area contributed by atoms with Gasteiger partial charge in [0.25, 0.3) is 3.79 Å². The SMILES string of the molecule is CC(=O)OCC1O[C@@H]2OC(C(Cl)(Cl)Cl)=NC2[C@H](OC(C)=O)[C@@H]1OC(C)=O. The molecule has 0 N–H and O–H groups in total. The van der Waals surface area contributed by atoms with Crippen molar-refractivity contribution in [2.45, 2.75) is 55.2 Å². The van der Waals surface area contributed by atoms with E-state index in [4.69, 9.17) is 58.5 Å². The van der Waals surface area contributed by atoms with Crippen molar-refractivity contribution in [1.82, 2.24) is 0 Å². The van der Waals surface area contributed by atoms with Gasteiger partial charge in [-0.1, -0.05) is 34.8 Å². The molecule has 12 heteroatoms. The first-order chi connectivity index (χ1) is 12.0. The van der Waals surface area contributed by atoms with Crippen molar-refractivity contribution >= 4 is 58.6 Å². The molecule has 2 heterocycles. The number of rotatable bonds is 4. The molecule has 0 aromatic heterocycles. The van der Waals surface area contributed by atoms with E-state index in [0.717, 1.165) is 0 Å². The molecule has 1 fully saturated rings. The molecule has 0 aromatic rings. The third kappa shape index (κ3) is 5.12. The first-order valence-corrected chi connectivity index (χ1v) is 8.57. The lowest BCUT2D eigenvalue weighted by molar-refractivity contribution is -0.249. The van der Waals surface area contributed by atoms with Crippen molar-refractivity contribution in [2.75, 3.05) is 6.61 Å². The number of fused-ring (bicyclic) bond motifs is 1. The molecule has 2 aliphatic rings. The summed E-state index contributed by atoms with van der Waals surface area (Å²) >= 11 is 17.3. The Labute approximate surface area is 163 Å². The Kier molecular flexibility index (Phi) is 6.60. The molecular weight excluding hydrogens is 417 g/mol. The van der Waals surface area contributed by atoms with Crippen LogP contribution in [0, 0.1) is 0 Å². The Morgan fingerprint density at radius 1 is 1.04 bits per heavy atom. The van der Waals surface area contributed by atoms with Crippen LogP contribution in [0.25, 0.3) is 0 Å². The number of aliphatic imine (C=N–C) groups is 1. The molecule has 2 aliphatic heterocycles. The van der Waals surface area contributed by atoms with E-state index in [-0.39, 0.29) is 12.5 Å². The number of nitrogens with zero attached hydrogens (tertiary/aromatic N) is 1. The zero-order chi connectivity index (χ0) is 19.6. The van der Waals surface area contributed by atoms with Gasteiger partial charge in [-0.2, -0.15) is 0 Å².